The normalized spacial score (nSPS) is 25.6. The van der Waals surface area contributed by atoms with Gasteiger partial charge in [0.2, 0.25) is 0 Å². The van der Waals surface area contributed by atoms with Crippen molar-refractivity contribution in [2.75, 3.05) is 13.2 Å². The van der Waals surface area contributed by atoms with E-state index in [-0.39, 0.29) is 0 Å². The highest BCUT2D eigenvalue weighted by Crippen LogP contribution is 2.44. The highest BCUT2D eigenvalue weighted by Gasteiger charge is 2.33. The highest BCUT2D eigenvalue weighted by atomic mass is 16.5. The quantitative estimate of drug-likeness (QED) is 0.832. The minimum Gasteiger partial charge on any atom is -0.493 e. The summed E-state index contributed by atoms with van der Waals surface area (Å²) in [7, 11) is 0. The number of ether oxygens (including phenoxy) is 1. The SMILES string of the molecule is CCCNC(c1cccc2c1OCC2)C1CCC(CC)C1. The molecule has 1 heterocycles. The van der Waals surface area contributed by atoms with Gasteiger partial charge in [0.05, 0.1) is 6.61 Å². The molecule has 3 atom stereocenters. The Morgan fingerprint density at radius 3 is 2.95 bits per heavy atom. The molecule has 1 aromatic carbocycles. The molecule has 1 aliphatic heterocycles. The Bertz CT molecular complexity index is 471. The van der Waals surface area contributed by atoms with Gasteiger partial charge < -0.3 is 10.1 Å². The molecule has 2 nitrogen and oxygen atoms in total. The molecule has 1 fully saturated rings. The van der Waals surface area contributed by atoms with E-state index in [4.69, 9.17) is 4.74 Å². The fraction of sp³-hybridized carbons (Fsp3) is 0.684. The summed E-state index contributed by atoms with van der Waals surface area (Å²) in [5.74, 6) is 2.89. The van der Waals surface area contributed by atoms with Crippen LogP contribution in [0.4, 0.5) is 0 Å². The first-order valence-electron chi connectivity index (χ1n) is 8.81. The Labute approximate surface area is 129 Å². The van der Waals surface area contributed by atoms with Crippen molar-refractivity contribution in [1.29, 1.82) is 0 Å². The van der Waals surface area contributed by atoms with Gasteiger partial charge in [-0.15, -0.1) is 0 Å². The van der Waals surface area contributed by atoms with Crippen LogP contribution in [0.3, 0.4) is 0 Å². The molecule has 3 unspecified atom stereocenters. The lowest BCUT2D eigenvalue weighted by molar-refractivity contribution is 0.321. The van der Waals surface area contributed by atoms with Crippen molar-refractivity contribution in [3.05, 3.63) is 29.3 Å². The highest BCUT2D eigenvalue weighted by molar-refractivity contribution is 5.46. The van der Waals surface area contributed by atoms with Crippen LogP contribution in [0.15, 0.2) is 18.2 Å². The van der Waals surface area contributed by atoms with E-state index in [1.807, 2.05) is 0 Å². The van der Waals surface area contributed by atoms with Crippen LogP contribution in [0, 0.1) is 11.8 Å². The standard InChI is InChI=1S/C19H29NO/c1-3-11-20-18(16-9-8-14(4-2)13-16)17-7-5-6-15-10-12-21-19(15)17/h5-7,14,16,18,20H,3-4,8-13H2,1-2H3. The van der Waals surface area contributed by atoms with Crippen LogP contribution in [0.25, 0.3) is 0 Å². The molecule has 1 aromatic rings. The molecule has 2 heteroatoms. The number of hydrogen-bond donors (Lipinski definition) is 1. The van der Waals surface area contributed by atoms with Crippen molar-refractivity contribution >= 4 is 0 Å². The summed E-state index contributed by atoms with van der Waals surface area (Å²) < 4.78 is 5.96. The molecule has 0 bridgehead atoms. The van der Waals surface area contributed by atoms with E-state index in [1.54, 1.807) is 0 Å². The van der Waals surface area contributed by atoms with E-state index >= 15 is 0 Å². The van der Waals surface area contributed by atoms with Crippen LogP contribution >= 0.6 is 0 Å². The van der Waals surface area contributed by atoms with Crippen LogP contribution in [-0.4, -0.2) is 13.2 Å². The molecule has 21 heavy (non-hydrogen) atoms. The molecule has 1 saturated carbocycles. The maximum atomic E-state index is 5.96. The van der Waals surface area contributed by atoms with Crippen molar-refractivity contribution in [1.82, 2.24) is 5.32 Å². The van der Waals surface area contributed by atoms with Crippen molar-refractivity contribution in [2.45, 2.75) is 58.4 Å². The van der Waals surface area contributed by atoms with E-state index in [0.717, 1.165) is 31.4 Å². The average Bonchev–Trinajstić information content (AvgIpc) is 3.16. The predicted molar refractivity (Wildman–Crippen MR) is 87.8 cm³/mol. The summed E-state index contributed by atoms with van der Waals surface area (Å²) in [5.41, 5.74) is 2.82. The van der Waals surface area contributed by atoms with Gasteiger partial charge in [-0.25, -0.2) is 0 Å². The Kier molecular flexibility index (Phi) is 4.84. The fourth-order valence-corrected chi connectivity index (χ4v) is 4.10. The third kappa shape index (κ3) is 3.11. The molecule has 0 aromatic heterocycles. The average molecular weight is 287 g/mol. The number of rotatable bonds is 6. The minimum atomic E-state index is 0.481. The largest absolute Gasteiger partial charge is 0.493 e. The molecule has 0 saturated heterocycles. The van der Waals surface area contributed by atoms with Crippen LogP contribution in [0.1, 0.15) is 63.1 Å². The number of para-hydroxylation sites is 1. The van der Waals surface area contributed by atoms with Gasteiger partial charge in [-0.3, -0.25) is 0 Å². The maximum absolute atomic E-state index is 5.96. The zero-order chi connectivity index (χ0) is 14.7. The molecule has 0 radical (unpaired) electrons. The van der Waals surface area contributed by atoms with Gasteiger partial charge in [0.15, 0.2) is 0 Å². The van der Waals surface area contributed by atoms with Crippen LogP contribution in [0.5, 0.6) is 5.75 Å². The smallest absolute Gasteiger partial charge is 0.127 e. The molecule has 3 rings (SSSR count). The van der Waals surface area contributed by atoms with Crippen molar-refractivity contribution in [2.24, 2.45) is 11.8 Å². The lowest BCUT2D eigenvalue weighted by atomic mass is 9.88. The molecule has 0 spiro atoms. The Balaban J connectivity index is 1.84. The summed E-state index contributed by atoms with van der Waals surface area (Å²) >= 11 is 0. The number of benzene rings is 1. The zero-order valence-corrected chi connectivity index (χ0v) is 13.5. The van der Waals surface area contributed by atoms with Gasteiger partial charge in [0.25, 0.3) is 0 Å². The first kappa shape index (κ1) is 14.9. The van der Waals surface area contributed by atoms with Gasteiger partial charge >= 0.3 is 0 Å². The van der Waals surface area contributed by atoms with E-state index in [9.17, 15) is 0 Å². The first-order valence-corrected chi connectivity index (χ1v) is 8.81. The van der Waals surface area contributed by atoms with Gasteiger partial charge in [-0.2, -0.15) is 0 Å². The van der Waals surface area contributed by atoms with Gasteiger partial charge in [-0.1, -0.05) is 44.9 Å². The van der Waals surface area contributed by atoms with Gasteiger partial charge in [0, 0.05) is 18.0 Å². The number of hydrogen-bond acceptors (Lipinski definition) is 2. The fourth-order valence-electron chi connectivity index (χ4n) is 4.10. The minimum absolute atomic E-state index is 0.481. The third-order valence-corrected chi connectivity index (χ3v) is 5.32. The van der Waals surface area contributed by atoms with Crippen molar-refractivity contribution < 1.29 is 4.74 Å². The predicted octanol–water partition coefficient (Wildman–Crippen LogP) is 4.49. The first-order chi connectivity index (χ1) is 10.3. The third-order valence-electron chi connectivity index (χ3n) is 5.32. The molecule has 0 amide bonds. The number of fused-ring (bicyclic) bond motifs is 1. The van der Waals surface area contributed by atoms with Crippen LogP contribution in [0.2, 0.25) is 0 Å². The van der Waals surface area contributed by atoms with Crippen molar-refractivity contribution in [3.63, 3.8) is 0 Å². The summed E-state index contributed by atoms with van der Waals surface area (Å²) in [6, 6.07) is 7.22. The summed E-state index contributed by atoms with van der Waals surface area (Å²) in [6.07, 6.45) is 7.75. The Hall–Kier alpha value is -1.02. The van der Waals surface area contributed by atoms with Gasteiger partial charge in [-0.05, 0) is 43.2 Å². The van der Waals surface area contributed by atoms with E-state index in [0.29, 0.717) is 6.04 Å². The second-order valence-electron chi connectivity index (χ2n) is 6.71. The number of nitrogens with one attached hydrogen (secondary N) is 1. The molecular weight excluding hydrogens is 258 g/mol. The molecule has 116 valence electrons. The maximum Gasteiger partial charge on any atom is 0.127 e. The monoisotopic (exact) mass is 287 g/mol. The summed E-state index contributed by atoms with van der Waals surface area (Å²) in [4.78, 5) is 0. The zero-order valence-electron chi connectivity index (χ0n) is 13.5. The molecule has 1 N–H and O–H groups in total. The summed E-state index contributed by atoms with van der Waals surface area (Å²) in [5, 5.41) is 3.82. The Morgan fingerprint density at radius 1 is 1.29 bits per heavy atom. The summed E-state index contributed by atoms with van der Waals surface area (Å²) in [6.45, 7) is 6.54. The Morgan fingerprint density at radius 2 is 2.19 bits per heavy atom. The topological polar surface area (TPSA) is 21.3 Å². The lowest BCUT2D eigenvalue weighted by Crippen LogP contribution is -2.28. The second kappa shape index (κ2) is 6.83. The lowest BCUT2D eigenvalue weighted by Gasteiger charge is -2.27. The van der Waals surface area contributed by atoms with Gasteiger partial charge in [0.1, 0.15) is 5.75 Å². The van der Waals surface area contributed by atoms with Crippen molar-refractivity contribution in [3.8, 4) is 5.75 Å². The van der Waals surface area contributed by atoms with Crippen LogP contribution < -0.4 is 10.1 Å². The van der Waals surface area contributed by atoms with E-state index in [1.165, 1.54) is 49.0 Å². The molecule has 2 aliphatic rings. The molecule has 1 aliphatic carbocycles. The molecular formula is C19H29NO. The van der Waals surface area contributed by atoms with E-state index < -0.39 is 0 Å². The van der Waals surface area contributed by atoms with E-state index in [2.05, 4.69) is 37.4 Å². The van der Waals surface area contributed by atoms with Crippen LogP contribution in [-0.2, 0) is 6.42 Å². The second-order valence-corrected chi connectivity index (χ2v) is 6.71.